The molecule has 2 heterocycles. The second-order valence-corrected chi connectivity index (χ2v) is 6.03. The Balaban J connectivity index is 1.47. The van der Waals surface area contributed by atoms with Crippen molar-refractivity contribution >= 4 is 0 Å². The van der Waals surface area contributed by atoms with Crippen LogP contribution in [-0.4, -0.2) is 12.4 Å². The molecule has 0 unspecified atom stereocenters. The fourth-order valence-corrected chi connectivity index (χ4v) is 3.30. The molecule has 2 aliphatic rings. The number of para-hydroxylation sites is 1. The summed E-state index contributed by atoms with van der Waals surface area (Å²) in [6.45, 7) is 1.05. The third-order valence-corrected chi connectivity index (χ3v) is 4.38. The van der Waals surface area contributed by atoms with Crippen LogP contribution in [0.4, 0.5) is 0 Å². The lowest BCUT2D eigenvalue weighted by atomic mass is 9.93. The molecule has 0 saturated carbocycles. The van der Waals surface area contributed by atoms with E-state index in [9.17, 15) is 0 Å². The van der Waals surface area contributed by atoms with Crippen LogP contribution in [0.1, 0.15) is 36.5 Å². The highest BCUT2D eigenvalue weighted by Crippen LogP contribution is 2.46. The smallest absolute Gasteiger partial charge is 0.234 e. The first-order valence-corrected chi connectivity index (χ1v) is 7.92. The summed E-state index contributed by atoms with van der Waals surface area (Å²) in [5, 5.41) is 0. The normalized spacial score (nSPS) is 26.1. The Bertz CT molecular complexity index is 640. The summed E-state index contributed by atoms with van der Waals surface area (Å²) in [4.78, 5) is 0. The van der Waals surface area contributed by atoms with Gasteiger partial charge in [0.25, 0.3) is 0 Å². The van der Waals surface area contributed by atoms with Gasteiger partial charge in [0.05, 0.1) is 12.7 Å². The fraction of sp³-hybridized carbons (Fsp3) is 0.368. The Kier molecular flexibility index (Phi) is 3.60. The molecule has 3 nitrogen and oxygen atoms in total. The molecule has 2 aliphatic heterocycles. The van der Waals surface area contributed by atoms with E-state index in [0.717, 1.165) is 25.0 Å². The Hall–Kier alpha value is -1.84. The molecule has 22 heavy (non-hydrogen) atoms. The molecule has 0 aliphatic carbocycles. The second-order valence-electron chi connectivity index (χ2n) is 6.03. The minimum atomic E-state index is -0.619. The van der Waals surface area contributed by atoms with Crippen molar-refractivity contribution in [2.45, 2.75) is 37.8 Å². The van der Waals surface area contributed by atoms with Gasteiger partial charge in [-0.2, -0.15) is 0 Å². The van der Waals surface area contributed by atoms with Crippen LogP contribution in [0.3, 0.4) is 0 Å². The fourth-order valence-electron chi connectivity index (χ4n) is 3.30. The van der Waals surface area contributed by atoms with Crippen LogP contribution in [-0.2, 0) is 16.1 Å². The lowest BCUT2D eigenvalue weighted by Crippen LogP contribution is -2.49. The molecular weight excluding hydrogens is 276 g/mol. The van der Waals surface area contributed by atoms with E-state index in [1.807, 2.05) is 36.4 Å². The molecule has 2 aromatic carbocycles. The molecule has 114 valence electrons. The number of ether oxygens (including phenoxy) is 3. The van der Waals surface area contributed by atoms with E-state index in [4.69, 9.17) is 14.2 Å². The van der Waals surface area contributed by atoms with Crippen molar-refractivity contribution < 1.29 is 14.2 Å². The first-order chi connectivity index (χ1) is 10.8. The standard InChI is InChI=1S/C19H20O3/c1-2-7-15(8-3-1)13-20-14-19-12-6-11-18(22-19)16-9-4-5-10-17(16)21-19/h1-5,7-10,18H,6,11-14H2/t18-,19-/m0/s1. The number of fused-ring (bicyclic) bond motifs is 4. The SMILES string of the molecule is c1ccc(COC[C@]23CCC[C@H](O2)c2ccccc2O3)cc1. The zero-order chi connectivity index (χ0) is 14.8. The summed E-state index contributed by atoms with van der Waals surface area (Å²) in [6.07, 6.45) is 3.18. The van der Waals surface area contributed by atoms with Crippen LogP contribution in [0.5, 0.6) is 5.75 Å². The Morgan fingerprint density at radius 1 is 1.05 bits per heavy atom. The molecule has 2 atom stereocenters. The minimum Gasteiger partial charge on any atom is -0.459 e. The summed E-state index contributed by atoms with van der Waals surface area (Å²) in [7, 11) is 0. The summed E-state index contributed by atoms with van der Waals surface area (Å²) >= 11 is 0. The first-order valence-electron chi connectivity index (χ1n) is 7.92. The molecule has 0 aromatic heterocycles. The summed E-state index contributed by atoms with van der Waals surface area (Å²) in [5.41, 5.74) is 2.34. The topological polar surface area (TPSA) is 27.7 Å². The van der Waals surface area contributed by atoms with Crippen molar-refractivity contribution in [1.82, 2.24) is 0 Å². The van der Waals surface area contributed by atoms with Crippen molar-refractivity contribution in [3.63, 3.8) is 0 Å². The van der Waals surface area contributed by atoms with Crippen molar-refractivity contribution in [2.24, 2.45) is 0 Å². The predicted octanol–water partition coefficient (Wildman–Crippen LogP) is 4.23. The number of hydrogen-bond acceptors (Lipinski definition) is 3. The van der Waals surface area contributed by atoms with Crippen LogP contribution >= 0.6 is 0 Å². The van der Waals surface area contributed by atoms with E-state index < -0.39 is 5.79 Å². The van der Waals surface area contributed by atoms with Gasteiger partial charge in [0.1, 0.15) is 12.4 Å². The van der Waals surface area contributed by atoms with Gasteiger partial charge in [-0.1, -0.05) is 48.5 Å². The zero-order valence-corrected chi connectivity index (χ0v) is 12.5. The van der Waals surface area contributed by atoms with Crippen LogP contribution in [0.2, 0.25) is 0 Å². The predicted molar refractivity (Wildman–Crippen MR) is 83.6 cm³/mol. The zero-order valence-electron chi connectivity index (χ0n) is 12.5. The number of hydrogen-bond donors (Lipinski definition) is 0. The molecule has 0 N–H and O–H groups in total. The monoisotopic (exact) mass is 296 g/mol. The third-order valence-electron chi connectivity index (χ3n) is 4.38. The van der Waals surface area contributed by atoms with Crippen molar-refractivity contribution in [3.8, 4) is 5.75 Å². The van der Waals surface area contributed by atoms with E-state index in [-0.39, 0.29) is 6.10 Å². The van der Waals surface area contributed by atoms with Crippen LogP contribution < -0.4 is 4.74 Å². The van der Waals surface area contributed by atoms with E-state index in [1.54, 1.807) is 0 Å². The average molecular weight is 296 g/mol. The molecular formula is C19H20O3. The van der Waals surface area contributed by atoms with Gasteiger partial charge in [-0.25, -0.2) is 0 Å². The molecule has 4 rings (SSSR count). The molecule has 0 amide bonds. The van der Waals surface area contributed by atoms with Gasteiger partial charge in [0, 0.05) is 12.0 Å². The van der Waals surface area contributed by atoms with E-state index >= 15 is 0 Å². The summed E-state index contributed by atoms with van der Waals surface area (Å²) in [5.74, 6) is 0.327. The highest BCUT2D eigenvalue weighted by atomic mass is 16.7. The maximum absolute atomic E-state index is 6.23. The van der Waals surface area contributed by atoms with Gasteiger partial charge < -0.3 is 14.2 Å². The number of benzene rings is 2. The molecule has 0 spiro atoms. The molecule has 0 radical (unpaired) electrons. The second kappa shape index (κ2) is 5.75. The highest BCUT2D eigenvalue weighted by Gasteiger charge is 2.45. The lowest BCUT2D eigenvalue weighted by Gasteiger charge is -2.45. The first kappa shape index (κ1) is 13.8. The van der Waals surface area contributed by atoms with Gasteiger partial charge >= 0.3 is 0 Å². The Morgan fingerprint density at radius 3 is 2.77 bits per heavy atom. The van der Waals surface area contributed by atoms with Gasteiger partial charge in [0.2, 0.25) is 5.79 Å². The third kappa shape index (κ3) is 2.62. The molecule has 2 aromatic rings. The van der Waals surface area contributed by atoms with E-state index in [0.29, 0.717) is 13.2 Å². The van der Waals surface area contributed by atoms with Gasteiger partial charge in [-0.3, -0.25) is 0 Å². The van der Waals surface area contributed by atoms with Gasteiger partial charge in [-0.05, 0) is 24.5 Å². The maximum atomic E-state index is 6.23. The summed E-state index contributed by atoms with van der Waals surface area (Å²) < 4.78 is 18.3. The van der Waals surface area contributed by atoms with Crippen molar-refractivity contribution in [2.75, 3.05) is 6.61 Å². The minimum absolute atomic E-state index is 0.138. The molecule has 1 fully saturated rings. The van der Waals surface area contributed by atoms with E-state index in [2.05, 4.69) is 18.2 Å². The van der Waals surface area contributed by atoms with Gasteiger partial charge in [-0.15, -0.1) is 0 Å². The molecule has 2 bridgehead atoms. The van der Waals surface area contributed by atoms with Crippen molar-refractivity contribution in [3.05, 3.63) is 65.7 Å². The Labute approximate surface area is 130 Å². The Morgan fingerprint density at radius 2 is 1.86 bits per heavy atom. The highest BCUT2D eigenvalue weighted by molar-refractivity contribution is 5.37. The van der Waals surface area contributed by atoms with Crippen LogP contribution in [0.25, 0.3) is 0 Å². The number of rotatable bonds is 4. The summed E-state index contributed by atoms with van der Waals surface area (Å²) in [6, 6.07) is 18.4. The largest absolute Gasteiger partial charge is 0.459 e. The average Bonchev–Trinajstić information content (AvgIpc) is 2.56. The molecule has 1 saturated heterocycles. The van der Waals surface area contributed by atoms with Crippen LogP contribution in [0, 0.1) is 0 Å². The van der Waals surface area contributed by atoms with E-state index in [1.165, 1.54) is 11.1 Å². The van der Waals surface area contributed by atoms with Gasteiger partial charge in [0.15, 0.2) is 0 Å². The van der Waals surface area contributed by atoms with Crippen molar-refractivity contribution in [1.29, 1.82) is 0 Å². The quantitative estimate of drug-likeness (QED) is 0.845. The lowest BCUT2D eigenvalue weighted by molar-refractivity contribution is -0.276. The van der Waals surface area contributed by atoms with Crippen LogP contribution in [0.15, 0.2) is 54.6 Å². The molecule has 3 heteroatoms. The maximum Gasteiger partial charge on any atom is 0.234 e.